The summed E-state index contributed by atoms with van der Waals surface area (Å²) in [6.07, 6.45) is 4.97. The SMILES string of the molecule is CCCN(CCC)C(=O)c1c(NC(C)=O)sc2c1CC[C@@H](C)C2. The van der Waals surface area contributed by atoms with Gasteiger partial charge in [-0.25, -0.2) is 0 Å². The minimum Gasteiger partial charge on any atom is -0.339 e. The average Bonchev–Trinajstić information content (AvgIpc) is 2.82. The first-order valence-electron chi connectivity index (χ1n) is 8.69. The van der Waals surface area contributed by atoms with Crippen LogP contribution in [0.15, 0.2) is 0 Å². The number of rotatable bonds is 6. The van der Waals surface area contributed by atoms with E-state index in [-0.39, 0.29) is 11.8 Å². The van der Waals surface area contributed by atoms with Crippen LogP contribution in [-0.4, -0.2) is 29.8 Å². The van der Waals surface area contributed by atoms with Gasteiger partial charge >= 0.3 is 0 Å². The van der Waals surface area contributed by atoms with Crippen LogP contribution in [0.5, 0.6) is 0 Å². The van der Waals surface area contributed by atoms with Crippen molar-refractivity contribution in [2.45, 2.75) is 59.8 Å². The van der Waals surface area contributed by atoms with Crippen molar-refractivity contribution in [2.24, 2.45) is 5.92 Å². The van der Waals surface area contributed by atoms with Crippen LogP contribution in [0.1, 0.15) is 67.8 Å². The molecule has 0 aliphatic heterocycles. The topological polar surface area (TPSA) is 49.4 Å². The van der Waals surface area contributed by atoms with Crippen molar-refractivity contribution in [2.75, 3.05) is 18.4 Å². The van der Waals surface area contributed by atoms with E-state index in [0.717, 1.165) is 55.8 Å². The van der Waals surface area contributed by atoms with Gasteiger partial charge in [-0.05, 0) is 43.6 Å². The zero-order valence-electron chi connectivity index (χ0n) is 14.7. The first-order valence-corrected chi connectivity index (χ1v) is 9.50. The number of nitrogens with one attached hydrogen (secondary N) is 1. The van der Waals surface area contributed by atoms with Crippen molar-refractivity contribution < 1.29 is 9.59 Å². The van der Waals surface area contributed by atoms with E-state index >= 15 is 0 Å². The van der Waals surface area contributed by atoms with Crippen LogP contribution in [0.4, 0.5) is 5.00 Å². The highest BCUT2D eigenvalue weighted by Gasteiger charge is 2.30. The maximum atomic E-state index is 13.1. The second kappa shape index (κ2) is 7.95. The third-order valence-corrected chi connectivity index (χ3v) is 5.46. The summed E-state index contributed by atoms with van der Waals surface area (Å²) in [6, 6.07) is 0. The first kappa shape index (κ1) is 18.0. The molecule has 2 amide bonds. The Morgan fingerprint density at radius 2 is 1.91 bits per heavy atom. The number of nitrogens with zero attached hydrogens (tertiary/aromatic N) is 1. The van der Waals surface area contributed by atoms with Gasteiger partial charge in [0.25, 0.3) is 5.91 Å². The Hall–Kier alpha value is -1.36. The molecule has 0 saturated carbocycles. The molecule has 1 atom stereocenters. The minimum absolute atomic E-state index is 0.0875. The number of carbonyl (C=O) groups excluding carboxylic acids is 2. The molecule has 0 saturated heterocycles. The maximum absolute atomic E-state index is 13.1. The van der Waals surface area contributed by atoms with E-state index in [2.05, 4.69) is 26.1 Å². The molecular formula is C18H28N2O2S. The van der Waals surface area contributed by atoms with Gasteiger partial charge in [0, 0.05) is 24.9 Å². The third-order valence-electron chi connectivity index (χ3n) is 4.29. The van der Waals surface area contributed by atoms with Crippen LogP contribution >= 0.6 is 11.3 Å². The Morgan fingerprint density at radius 1 is 1.26 bits per heavy atom. The van der Waals surface area contributed by atoms with E-state index in [9.17, 15) is 9.59 Å². The Bertz CT molecular complexity index is 574. The molecule has 0 spiro atoms. The molecule has 1 aromatic rings. The molecule has 23 heavy (non-hydrogen) atoms. The normalized spacial score (nSPS) is 16.8. The number of fused-ring (bicyclic) bond motifs is 1. The van der Waals surface area contributed by atoms with Gasteiger partial charge in [0.05, 0.1) is 5.56 Å². The predicted molar refractivity (Wildman–Crippen MR) is 96.3 cm³/mol. The average molecular weight is 337 g/mol. The molecular weight excluding hydrogens is 308 g/mol. The molecule has 1 aliphatic carbocycles. The fraction of sp³-hybridized carbons (Fsp3) is 0.667. The highest BCUT2D eigenvalue weighted by atomic mass is 32.1. The van der Waals surface area contributed by atoms with Crippen LogP contribution in [0.2, 0.25) is 0 Å². The van der Waals surface area contributed by atoms with E-state index < -0.39 is 0 Å². The predicted octanol–water partition coefficient (Wildman–Crippen LogP) is 4.09. The number of anilines is 1. The third kappa shape index (κ3) is 4.14. The van der Waals surface area contributed by atoms with Gasteiger partial charge < -0.3 is 10.2 Å². The Balaban J connectivity index is 2.41. The molecule has 5 heteroatoms. The molecule has 128 valence electrons. The van der Waals surface area contributed by atoms with Gasteiger partial charge in [0.1, 0.15) is 5.00 Å². The summed E-state index contributed by atoms with van der Waals surface area (Å²) in [5.41, 5.74) is 1.94. The van der Waals surface area contributed by atoms with Gasteiger partial charge in [-0.15, -0.1) is 11.3 Å². The summed E-state index contributed by atoms with van der Waals surface area (Å²) in [5.74, 6) is 0.629. The van der Waals surface area contributed by atoms with Crippen molar-refractivity contribution in [1.82, 2.24) is 4.90 Å². The summed E-state index contributed by atoms with van der Waals surface area (Å²) < 4.78 is 0. The summed E-state index contributed by atoms with van der Waals surface area (Å²) in [5, 5.41) is 3.65. The standard InChI is InChI=1S/C18H28N2O2S/c1-5-9-20(10-6-2)18(22)16-14-8-7-12(3)11-15(14)23-17(16)19-13(4)21/h12H,5-11H2,1-4H3,(H,19,21)/t12-/m1/s1. The minimum atomic E-state index is -0.108. The molecule has 1 N–H and O–H groups in total. The van der Waals surface area contributed by atoms with Crippen LogP contribution in [0.3, 0.4) is 0 Å². The largest absolute Gasteiger partial charge is 0.339 e. The monoisotopic (exact) mass is 336 g/mol. The van der Waals surface area contributed by atoms with Gasteiger partial charge in [-0.1, -0.05) is 20.8 Å². The fourth-order valence-corrected chi connectivity index (χ4v) is 4.69. The maximum Gasteiger partial charge on any atom is 0.257 e. The molecule has 1 aliphatic rings. The van der Waals surface area contributed by atoms with E-state index in [1.165, 1.54) is 17.4 Å². The molecule has 4 nitrogen and oxygen atoms in total. The van der Waals surface area contributed by atoms with Crippen LogP contribution in [0, 0.1) is 5.92 Å². The molecule has 0 bridgehead atoms. The highest BCUT2D eigenvalue weighted by molar-refractivity contribution is 7.17. The fourth-order valence-electron chi connectivity index (χ4n) is 3.24. The molecule has 1 aromatic heterocycles. The Labute approximate surface area is 143 Å². The Morgan fingerprint density at radius 3 is 2.48 bits per heavy atom. The van der Waals surface area contributed by atoms with Crippen molar-refractivity contribution in [1.29, 1.82) is 0 Å². The zero-order valence-corrected chi connectivity index (χ0v) is 15.5. The van der Waals surface area contributed by atoms with Gasteiger partial charge in [0.2, 0.25) is 5.91 Å². The van der Waals surface area contributed by atoms with Gasteiger partial charge in [-0.2, -0.15) is 0 Å². The number of hydrogen-bond acceptors (Lipinski definition) is 3. The lowest BCUT2D eigenvalue weighted by Crippen LogP contribution is -2.33. The number of hydrogen-bond donors (Lipinski definition) is 1. The first-order chi connectivity index (χ1) is 11.0. The van der Waals surface area contributed by atoms with E-state index in [4.69, 9.17) is 0 Å². The van der Waals surface area contributed by atoms with E-state index in [0.29, 0.717) is 5.92 Å². The van der Waals surface area contributed by atoms with Gasteiger partial charge in [-0.3, -0.25) is 9.59 Å². The highest BCUT2D eigenvalue weighted by Crippen LogP contribution is 2.40. The molecule has 0 aromatic carbocycles. The zero-order chi connectivity index (χ0) is 17.0. The quantitative estimate of drug-likeness (QED) is 0.850. The molecule has 0 unspecified atom stereocenters. The molecule has 0 radical (unpaired) electrons. The number of thiophene rings is 1. The summed E-state index contributed by atoms with van der Waals surface area (Å²) in [4.78, 5) is 27.9. The van der Waals surface area contributed by atoms with Crippen LogP contribution in [0.25, 0.3) is 0 Å². The second-order valence-corrected chi connectivity index (χ2v) is 7.63. The van der Waals surface area contributed by atoms with E-state index in [1.807, 2.05) is 4.90 Å². The molecule has 2 rings (SSSR count). The Kier molecular flexibility index (Phi) is 6.22. The summed E-state index contributed by atoms with van der Waals surface area (Å²) in [7, 11) is 0. The van der Waals surface area contributed by atoms with Crippen LogP contribution in [-0.2, 0) is 17.6 Å². The van der Waals surface area contributed by atoms with Crippen molar-refractivity contribution in [3.63, 3.8) is 0 Å². The van der Waals surface area contributed by atoms with Crippen molar-refractivity contribution in [3.8, 4) is 0 Å². The van der Waals surface area contributed by atoms with Crippen molar-refractivity contribution in [3.05, 3.63) is 16.0 Å². The second-order valence-electron chi connectivity index (χ2n) is 6.53. The van der Waals surface area contributed by atoms with E-state index in [1.54, 1.807) is 11.3 Å². The molecule has 1 heterocycles. The lowest BCUT2D eigenvalue weighted by atomic mass is 9.88. The summed E-state index contributed by atoms with van der Waals surface area (Å²) in [6.45, 7) is 9.49. The number of carbonyl (C=O) groups is 2. The lowest BCUT2D eigenvalue weighted by molar-refractivity contribution is -0.114. The smallest absolute Gasteiger partial charge is 0.257 e. The van der Waals surface area contributed by atoms with Gasteiger partial charge in [0.15, 0.2) is 0 Å². The summed E-state index contributed by atoms with van der Waals surface area (Å²) >= 11 is 1.60. The van der Waals surface area contributed by atoms with Crippen LogP contribution < -0.4 is 5.32 Å². The van der Waals surface area contributed by atoms with Crippen molar-refractivity contribution >= 4 is 28.2 Å². The lowest BCUT2D eigenvalue weighted by Gasteiger charge is -2.24. The number of amides is 2. The molecule has 0 fully saturated rings.